The maximum Gasteiger partial charge on any atom is 0.151 e. The van der Waals surface area contributed by atoms with Crippen molar-refractivity contribution in [1.29, 1.82) is 0 Å². The second-order valence-corrected chi connectivity index (χ2v) is 6.90. The van der Waals surface area contributed by atoms with E-state index in [1.165, 1.54) is 6.26 Å². The Balaban J connectivity index is 2.39. The van der Waals surface area contributed by atoms with E-state index in [0.29, 0.717) is 6.61 Å². The third kappa shape index (κ3) is 2.30. The van der Waals surface area contributed by atoms with Crippen LogP contribution in [0.1, 0.15) is 24.1 Å². The molecular weight excluding hydrogens is 238 g/mol. The zero-order valence-electron chi connectivity index (χ0n) is 10.0. The van der Waals surface area contributed by atoms with Gasteiger partial charge in [-0.05, 0) is 12.5 Å². The summed E-state index contributed by atoms with van der Waals surface area (Å²) in [5.74, 6) is 0.774. The zero-order chi connectivity index (χ0) is 12.6. The topological polar surface area (TPSA) is 69.4 Å². The monoisotopic (exact) mass is 255 g/mol. The minimum atomic E-state index is -3.15. The van der Waals surface area contributed by atoms with E-state index in [-0.39, 0.29) is 0 Å². The van der Waals surface area contributed by atoms with Gasteiger partial charge in [0.2, 0.25) is 0 Å². The maximum absolute atomic E-state index is 11.5. The molecule has 0 aromatic heterocycles. The van der Waals surface area contributed by atoms with Crippen molar-refractivity contribution in [2.75, 3.05) is 12.9 Å². The van der Waals surface area contributed by atoms with Crippen molar-refractivity contribution < 1.29 is 13.2 Å². The van der Waals surface area contributed by atoms with Crippen LogP contribution >= 0.6 is 0 Å². The summed E-state index contributed by atoms with van der Waals surface area (Å²) in [7, 11) is -3.15. The van der Waals surface area contributed by atoms with E-state index in [4.69, 9.17) is 10.5 Å². The van der Waals surface area contributed by atoms with E-state index in [0.717, 1.165) is 23.3 Å². The summed E-state index contributed by atoms with van der Waals surface area (Å²) < 4.78 is 28.6. The van der Waals surface area contributed by atoms with E-state index in [2.05, 4.69) is 0 Å². The Kier molecular flexibility index (Phi) is 3.14. The van der Waals surface area contributed by atoms with E-state index in [9.17, 15) is 8.42 Å². The number of fused-ring (bicyclic) bond motifs is 1. The van der Waals surface area contributed by atoms with E-state index in [1.54, 1.807) is 6.92 Å². The fourth-order valence-electron chi connectivity index (χ4n) is 2.02. The molecule has 1 aliphatic rings. The van der Waals surface area contributed by atoms with Gasteiger partial charge in [-0.3, -0.25) is 0 Å². The molecule has 94 valence electrons. The van der Waals surface area contributed by atoms with Crippen LogP contribution < -0.4 is 10.5 Å². The first-order chi connectivity index (χ1) is 7.91. The minimum Gasteiger partial charge on any atom is -0.493 e. The summed E-state index contributed by atoms with van der Waals surface area (Å²) in [5.41, 5.74) is 7.94. The van der Waals surface area contributed by atoms with Gasteiger partial charge in [0, 0.05) is 24.3 Å². The molecule has 2 N–H and O–H groups in total. The first-order valence-electron chi connectivity index (χ1n) is 5.60. The van der Waals surface area contributed by atoms with Crippen LogP contribution in [0.25, 0.3) is 0 Å². The molecule has 0 saturated heterocycles. The molecule has 2 rings (SSSR count). The standard InChI is InChI=1S/C12H17NO3S/c1-8(17(2,14)15)11(13)10-5-3-4-9-6-7-16-12(9)10/h3-5,8,11H,6-7,13H2,1-2H3. The molecule has 2 unspecified atom stereocenters. The summed E-state index contributed by atoms with van der Waals surface area (Å²) >= 11 is 0. The summed E-state index contributed by atoms with van der Waals surface area (Å²) in [5, 5.41) is -0.613. The second-order valence-electron chi connectivity index (χ2n) is 4.49. The number of ether oxygens (including phenoxy) is 1. The number of hydrogen-bond donors (Lipinski definition) is 1. The number of hydrogen-bond acceptors (Lipinski definition) is 4. The maximum atomic E-state index is 11.5. The molecule has 0 amide bonds. The molecule has 1 aliphatic heterocycles. The van der Waals surface area contributed by atoms with Crippen molar-refractivity contribution in [3.63, 3.8) is 0 Å². The first-order valence-corrected chi connectivity index (χ1v) is 7.55. The van der Waals surface area contributed by atoms with Crippen LogP contribution in [0.2, 0.25) is 0 Å². The van der Waals surface area contributed by atoms with Crippen LogP contribution in [0.4, 0.5) is 0 Å². The van der Waals surface area contributed by atoms with Gasteiger partial charge < -0.3 is 10.5 Å². The Morgan fingerprint density at radius 2 is 2.12 bits per heavy atom. The van der Waals surface area contributed by atoms with Gasteiger partial charge in [-0.1, -0.05) is 18.2 Å². The highest BCUT2D eigenvalue weighted by molar-refractivity contribution is 7.91. The SMILES string of the molecule is CC(C(N)c1cccc2c1OCC2)S(C)(=O)=O. The second kappa shape index (κ2) is 4.31. The summed E-state index contributed by atoms with van der Waals surface area (Å²) in [6.45, 7) is 2.28. The van der Waals surface area contributed by atoms with Crippen molar-refractivity contribution in [2.45, 2.75) is 24.6 Å². The van der Waals surface area contributed by atoms with E-state index < -0.39 is 21.1 Å². The average Bonchev–Trinajstić information content (AvgIpc) is 2.73. The Morgan fingerprint density at radius 1 is 1.41 bits per heavy atom. The van der Waals surface area contributed by atoms with Crippen molar-refractivity contribution in [1.82, 2.24) is 0 Å². The lowest BCUT2D eigenvalue weighted by atomic mass is 10.0. The van der Waals surface area contributed by atoms with Crippen molar-refractivity contribution >= 4 is 9.84 Å². The molecular formula is C12H17NO3S. The highest BCUT2D eigenvalue weighted by Gasteiger charge is 2.28. The quantitative estimate of drug-likeness (QED) is 0.876. The van der Waals surface area contributed by atoms with Crippen molar-refractivity contribution in [2.24, 2.45) is 5.73 Å². The highest BCUT2D eigenvalue weighted by Crippen LogP contribution is 2.34. The Morgan fingerprint density at radius 3 is 2.76 bits per heavy atom. The predicted molar refractivity (Wildman–Crippen MR) is 66.9 cm³/mol. The molecule has 0 radical (unpaired) electrons. The smallest absolute Gasteiger partial charge is 0.151 e. The highest BCUT2D eigenvalue weighted by atomic mass is 32.2. The van der Waals surface area contributed by atoms with Gasteiger partial charge in [-0.2, -0.15) is 0 Å². The molecule has 17 heavy (non-hydrogen) atoms. The van der Waals surface area contributed by atoms with Gasteiger partial charge in [-0.25, -0.2) is 8.42 Å². The van der Waals surface area contributed by atoms with Crippen LogP contribution in [0, 0.1) is 0 Å². The summed E-state index contributed by atoms with van der Waals surface area (Å²) in [4.78, 5) is 0. The number of nitrogens with two attached hydrogens (primary N) is 1. The first kappa shape index (κ1) is 12.4. The third-order valence-corrected chi connectivity index (χ3v) is 4.93. The third-order valence-electron chi connectivity index (χ3n) is 3.29. The fraction of sp³-hybridized carbons (Fsp3) is 0.500. The average molecular weight is 255 g/mol. The molecule has 1 aromatic rings. The Hall–Kier alpha value is -1.07. The normalized spacial score (nSPS) is 18.3. The van der Waals surface area contributed by atoms with Crippen molar-refractivity contribution in [3.8, 4) is 5.75 Å². The van der Waals surface area contributed by atoms with Crippen LogP contribution in [-0.2, 0) is 16.3 Å². The zero-order valence-corrected chi connectivity index (χ0v) is 10.8. The van der Waals surface area contributed by atoms with Crippen LogP contribution in [-0.4, -0.2) is 26.5 Å². The largest absolute Gasteiger partial charge is 0.493 e. The lowest BCUT2D eigenvalue weighted by Crippen LogP contribution is -2.30. The predicted octanol–water partition coefficient (Wildman–Crippen LogP) is 1.05. The van der Waals surface area contributed by atoms with Crippen LogP contribution in [0.3, 0.4) is 0 Å². The molecule has 0 aliphatic carbocycles. The number of para-hydroxylation sites is 1. The summed E-state index contributed by atoms with van der Waals surface area (Å²) in [6.07, 6.45) is 2.07. The molecule has 4 nitrogen and oxygen atoms in total. The molecule has 1 aromatic carbocycles. The number of rotatable bonds is 3. The number of sulfone groups is 1. The Bertz CT molecular complexity index is 525. The van der Waals surface area contributed by atoms with E-state index in [1.807, 2.05) is 18.2 Å². The molecule has 0 bridgehead atoms. The fourth-order valence-corrected chi connectivity index (χ4v) is 2.70. The van der Waals surface area contributed by atoms with Gasteiger partial charge in [0.15, 0.2) is 9.84 Å². The van der Waals surface area contributed by atoms with Gasteiger partial charge >= 0.3 is 0 Å². The molecule has 0 spiro atoms. The Labute approximate surface area is 102 Å². The number of benzene rings is 1. The van der Waals surface area contributed by atoms with Gasteiger partial charge in [0.05, 0.1) is 11.9 Å². The molecule has 0 saturated carbocycles. The molecule has 1 heterocycles. The van der Waals surface area contributed by atoms with E-state index >= 15 is 0 Å². The minimum absolute atomic E-state index is 0.543. The molecule has 2 atom stereocenters. The van der Waals surface area contributed by atoms with Gasteiger partial charge in [0.1, 0.15) is 5.75 Å². The van der Waals surface area contributed by atoms with Crippen molar-refractivity contribution in [3.05, 3.63) is 29.3 Å². The summed E-state index contributed by atoms with van der Waals surface area (Å²) in [6, 6.07) is 5.19. The molecule has 0 fully saturated rings. The van der Waals surface area contributed by atoms with Crippen LogP contribution in [0.5, 0.6) is 5.75 Å². The van der Waals surface area contributed by atoms with Gasteiger partial charge in [0.25, 0.3) is 0 Å². The van der Waals surface area contributed by atoms with Gasteiger partial charge in [-0.15, -0.1) is 0 Å². The lowest BCUT2D eigenvalue weighted by molar-refractivity contribution is 0.351. The van der Waals surface area contributed by atoms with Crippen LogP contribution in [0.15, 0.2) is 18.2 Å². The lowest BCUT2D eigenvalue weighted by Gasteiger charge is -2.20. The molecule has 5 heteroatoms.